The Morgan fingerprint density at radius 2 is 1.97 bits per heavy atom. The first-order chi connectivity index (χ1) is 15.0. The van der Waals surface area contributed by atoms with Crippen molar-refractivity contribution in [3.05, 3.63) is 59.7 Å². The van der Waals surface area contributed by atoms with Gasteiger partial charge in [-0.25, -0.2) is 11.4 Å². The van der Waals surface area contributed by atoms with Crippen LogP contribution in [0.15, 0.2) is 42.6 Å². The summed E-state index contributed by atoms with van der Waals surface area (Å²) < 4.78 is 5.32. The number of hydrogen-bond acceptors (Lipinski definition) is 5. The molecule has 1 saturated carbocycles. The molecule has 3 fully saturated rings. The second-order valence-electron chi connectivity index (χ2n) is 8.34. The Bertz CT molecular complexity index is 1050. The van der Waals surface area contributed by atoms with Gasteiger partial charge in [0.15, 0.2) is 0 Å². The quantitative estimate of drug-likeness (QED) is 0.728. The highest BCUT2D eigenvalue weighted by molar-refractivity contribution is 5.90. The maximum absolute atomic E-state index is 12.2. The first-order valence-electron chi connectivity index (χ1n) is 10.4. The number of piperidine rings is 1. The van der Waals surface area contributed by atoms with E-state index in [1.165, 1.54) is 6.92 Å². The maximum atomic E-state index is 12.2. The van der Waals surface area contributed by atoms with Crippen LogP contribution in [0.2, 0.25) is 0 Å². The Hall–Kier alpha value is -3.44. The largest absolute Gasteiger partial charge is 0.442 e. The summed E-state index contributed by atoms with van der Waals surface area (Å²) in [6.45, 7) is 11.6. The van der Waals surface area contributed by atoms with E-state index in [-0.39, 0.29) is 12.0 Å². The topological polar surface area (TPSA) is 87.9 Å². The van der Waals surface area contributed by atoms with Crippen molar-refractivity contribution in [2.75, 3.05) is 31.1 Å². The number of benzene rings is 1. The molecule has 1 aromatic heterocycles. The van der Waals surface area contributed by atoms with E-state index in [9.17, 15) is 9.59 Å². The van der Waals surface area contributed by atoms with Gasteiger partial charge < -0.3 is 20.2 Å². The van der Waals surface area contributed by atoms with E-state index in [1.54, 1.807) is 4.90 Å². The highest BCUT2D eigenvalue weighted by atomic mass is 16.6. The van der Waals surface area contributed by atoms with E-state index in [0.29, 0.717) is 24.9 Å². The molecule has 3 aliphatic rings. The standard InChI is InChI=1S/C23H23N5O3/c1-14(29)26-10-18-13-28(22(30)31-18)17-6-3-15(4-7-17)16-5-8-21(27-9-16)23(24-2)19-11-25-12-20(19)23/h3-9,18-20,25H,10-13H2,1H3,(H,26,29)/t18-,19-,20+,23?/m0/s1. The molecule has 2 amide bonds. The van der Waals surface area contributed by atoms with Crippen LogP contribution >= 0.6 is 0 Å². The maximum Gasteiger partial charge on any atom is 0.414 e. The van der Waals surface area contributed by atoms with E-state index in [2.05, 4.69) is 20.5 Å². The molecule has 3 heterocycles. The summed E-state index contributed by atoms with van der Waals surface area (Å²) in [4.78, 5) is 33.4. The third kappa shape index (κ3) is 3.22. The third-order valence-electron chi connectivity index (χ3n) is 6.56. The second-order valence-corrected chi connectivity index (χ2v) is 8.34. The number of rotatable bonds is 5. The minimum atomic E-state index is -0.447. The fraction of sp³-hybridized carbons (Fsp3) is 0.391. The summed E-state index contributed by atoms with van der Waals surface area (Å²) in [7, 11) is 0. The number of hydrogen-bond donors (Lipinski definition) is 2. The number of aromatic nitrogens is 1. The molecule has 1 unspecified atom stereocenters. The van der Waals surface area contributed by atoms with Gasteiger partial charge in [0, 0.05) is 37.5 Å². The second kappa shape index (κ2) is 7.36. The molecular weight excluding hydrogens is 394 g/mol. The molecule has 158 valence electrons. The molecule has 0 bridgehead atoms. The third-order valence-corrected chi connectivity index (χ3v) is 6.56. The zero-order valence-electron chi connectivity index (χ0n) is 17.2. The van der Waals surface area contributed by atoms with Crippen molar-refractivity contribution < 1.29 is 14.3 Å². The van der Waals surface area contributed by atoms with Crippen molar-refractivity contribution in [2.45, 2.75) is 18.6 Å². The lowest BCUT2D eigenvalue weighted by Gasteiger charge is -2.14. The first-order valence-corrected chi connectivity index (χ1v) is 10.4. The Morgan fingerprint density at radius 3 is 2.58 bits per heavy atom. The van der Waals surface area contributed by atoms with Crippen molar-refractivity contribution in [3.63, 3.8) is 0 Å². The molecule has 31 heavy (non-hydrogen) atoms. The lowest BCUT2D eigenvalue weighted by Crippen LogP contribution is -2.33. The van der Waals surface area contributed by atoms with E-state index in [4.69, 9.17) is 11.3 Å². The van der Waals surface area contributed by atoms with Gasteiger partial charge in [0.05, 0.1) is 24.9 Å². The molecule has 8 nitrogen and oxygen atoms in total. The van der Waals surface area contributed by atoms with Gasteiger partial charge in [-0.05, 0) is 23.8 Å². The molecule has 2 N–H and O–H groups in total. The molecular formula is C23H23N5O3. The van der Waals surface area contributed by atoms with Crippen LogP contribution in [0.4, 0.5) is 10.5 Å². The zero-order valence-corrected chi connectivity index (χ0v) is 17.2. The molecule has 4 atom stereocenters. The van der Waals surface area contributed by atoms with Crippen LogP contribution in [0.5, 0.6) is 0 Å². The summed E-state index contributed by atoms with van der Waals surface area (Å²) in [6, 6.07) is 11.6. The number of ether oxygens (including phenoxy) is 1. The Kier molecular flexibility index (Phi) is 4.63. The minimum absolute atomic E-state index is 0.151. The van der Waals surface area contributed by atoms with Crippen LogP contribution in [-0.4, -0.2) is 49.3 Å². The average Bonchev–Trinajstić information content (AvgIpc) is 3.09. The highest BCUT2D eigenvalue weighted by Gasteiger charge is 2.76. The van der Waals surface area contributed by atoms with Gasteiger partial charge in [-0.1, -0.05) is 18.2 Å². The van der Waals surface area contributed by atoms with Gasteiger partial charge in [-0.3, -0.25) is 14.7 Å². The van der Waals surface area contributed by atoms with Crippen LogP contribution in [0.1, 0.15) is 12.6 Å². The lowest BCUT2D eigenvalue weighted by atomic mass is 10.0. The van der Waals surface area contributed by atoms with Gasteiger partial charge in [-0.2, -0.15) is 0 Å². The van der Waals surface area contributed by atoms with Crippen LogP contribution in [0, 0.1) is 18.4 Å². The van der Waals surface area contributed by atoms with Crippen molar-refractivity contribution in [2.24, 2.45) is 11.8 Å². The molecule has 8 heteroatoms. The predicted molar refractivity (Wildman–Crippen MR) is 114 cm³/mol. The Balaban J connectivity index is 1.28. The predicted octanol–water partition coefficient (Wildman–Crippen LogP) is 2.17. The van der Waals surface area contributed by atoms with Gasteiger partial charge in [0.1, 0.15) is 11.8 Å². The fourth-order valence-corrected chi connectivity index (χ4v) is 4.85. The molecule has 2 aromatic rings. The van der Waals surface area contributed by atoms with Crippen molar-refractivity contribution in [3.8, 4) is 11.1 Å². The van der Waals surface area contributed by atoms with Crippen LogP contribution < -0.4 is 15.5 Å². The monoisotopic (exact) mass is 417 g/mol. The molecule has 1 aromatic carbocycles. The van der Waals surface area contributed by atoms with Crippen LogP contribution in [0.25, 0.3) is 16.0 Å². The van der Waals surface area contributed by atoms with E-state index < -0.39 is 11.6 Å². The summed E-state index contributed by atoms with van der Waals surface area (Å²) in [5, 5.41) is 6.01. The van der Waals surface area contributed by atoms with Gasteiger partial charge in [0.2, 0.25) is 5.91 Å². The van der Waals surface area contributed by atoms with E-state index in [1.807, 2.05) is 42.6 Å². The van der Waals surface area contributed by atoms with Gasteiger partial charge >= 0.3 is 6.09 Å². The summed E-state index contributed by atoms with van der Waals surface area (Å²) in [5.74, 6) is 0.594. The van der Waals surface area contributed by atoms with Crippen molar-refractivity contribution >= 4 is 17.7 Å². The Labute approximate surface area is 180 Å². The number of carbonyl (C=O) groups excluding carboxylic acids is 2. The fourth-order valence-electron chi connectivity index (χ4n) is 4.85. The smallest absolute Gasteiger partial charge is 0.414 e. The number of cyclic esters (lactones) is 1. The molecule has 2 saturated heterocycles. The van der Waals surface area contributed by atoms with Gasteiger partial charge in [-0.15, -0.1) is 0 Å². The van der Waals surface area contributed by atoms with Crippen molar-refractivity contribution in [1.82, 2.24) is 15.6 Å². The number of carbonyl (C=O) groups is 2. The van der Waals surface area contributed by atoms with Gasteiger partial charge in [0.25, 0.3) is 5.54 Å². The molecule has 5 rings (SSSR count). The molecule has 0 spiro atoms. The number of anilines is 1. The lowest BCUT2D eigenvalue weighted by molar-refractivity contribution is -0.119. The molecule has 2 aliphatic heterocycles. The minimum Gasteiger partial charge on any atom is -0.442 e. The Morgan fingerprint density at radius 1 is 1.26 bits per heavy atom. The number of amides is 2. The summed E-state index contributed by atoms with van der Waals surface area (Å²) >= 11 is 0. The van der Waals surface area contributed by atoms with E-state index in [0.717, 1.165) is 35.6 Å². The number of pyridine rings is 1. The summed E-state index contributed by atoms with van der Waals surface area (Å²) in [6.07, 6.45) is 1.05. The molecule has 0 radical (unpaired) electrons. The van der Waals surface area contributed by atoms with Crippen LogP contribution in [-0.2, 0) is 15.1 Å². The average molecular weight is 417 g/mol. The van der Waals surface area contributed by atoms with E-state index >= 15 is 0 Å². The summed E-state index contributed by atoms with van der Waals surface area (Å²) in [5.41, 5.74) is 3.11. The van der Waals surface area contributed by atoms with Crippen molar-refractivity contribution in [1.29, 1.82) is 0 Å². The molecule has 1 aliphatic carbocycles. The number of nitrogens with zero attached hydrogens (tertiary/aromatic N) is 3. The van der Waals surface area contributed by atoms with Crippen LogP contribution in [0.3, 0.4) is 0 Å². The normalized spacial score (nSPS) is 28.6. The number of fused-ring (bicyclic) bond motifs is 1. The highest BCUT2D eigenvalue weighted by Crippen LogP contribution is 2.62. The number of nitrogens with one attached hydrogen (secondary N) is 2. The first kappa shape index (κ1) is 19.5. The SMILES string of the molecule is [C-]#[N+]C1(c2ccc(-c3ccc(N4C[C@H](CNC(C)=O)OC4=O)cc3)cn2)[C@@H]2CNC[C@@H]21. The zero-order chi connectivity index (χ0) is 21.6.